The van der Waals surface area contributed by atoms with Crippen LogP contribution in [-0.4, -0.2) is 70.0 Å². The van der Waals surface area contributed by atoms with Crippen LogP contribution in [0.4, 0.5) is 0 Å². The molecule has 0 aromatic carbocycles. The average molecular weight is 1220 g/mol. The lowest BCUT2D eigenvalue weighted by Gasteiger charge is -2.28. The van der Waals surface area contributed by atoms with Crippen LogP contribution in [0.1, 0.15) is 322 Å². The quantitative estimate of drug-likeness (QED) is 0.0195. The second kappa shape index (κ2) is 66.4. The third-order valence-corrected chi connectivity index (χ3v) is 16.6. The summed E-state index contributed by atoms with van der Waals surface area (Å²) in [7, 11) is 1.17. The number of hydrogen-bond acceptors (Lipinski definition) is 8. The van der Waals surface area contributed by atoms with Crippen LogP contribution >= 0.6 is 7.82 Å². The highest BCUT2D eigenvalue weighted by Crippen LogP contribution is 2.38. The highest BCUT2D eigenvalue weighted by atomic mass is 31.2. The fourth-order valence-corrected chi connectivity index (χ4v) is 10.8. The molecule has 0 bridgehead atoms. The summed E-state index contributed by atoms with van der Waals surface area (Å²) in [6.45, 7) is 4.15. The molecule has 9 nitrogen and oxygen atoms in total. The molecule has 0 saturated carbocycles. The Balaban J connectivity index is 4.03. The number of carbonyl (C=O) groups excluding carboxylic acids is 2. The van der Waals surface area contributed by atoms with Gasteiger partial charge in [0.25, 0.3) is 7.82 Å². The van der Waals surface area contributed by atoms with Gasteiger partial charge in [-0.15, -0.1) is 0 Å². The maximum atomic E-state index is 12.9. The molecular formula is C76H136NO8P. The van der Waals surface area contributed by atoms with Gasteiger partial charge >= 0.3 is 11.9 Å². The van der Waals surface area contributed by atoms with Crippen LogP contribution in [0.15, 0.2) is 97.2 Å². The first kappa shape index (κ1) is 82.9. The van der Waals surface area contributed by atoms with Crippen molar-refractivity contribution in [2.75, 3.05) is 47.5 Å². The lowest BCUT2D eigenvalue weighted by Crippen LogP contribution is -2.37. The molecule has 0 spiro atoms. The van der Waals surface area contributed by atoms with Gasteiger partial charge in [-0.2, -0.15) is 0 Å². The predicted molar refractivity (Wildman–Crippen MR) is 369 cm³/mol. The minimum Gasteiger partial charge on any atom is -0.756 e. The topological polar surface area (TPSA) is 111 Å². The molecule has 0 aromatic rings. The molecule has 0 aliphatic rings. The SMILES string of the molecule is CC/C=C\C/C=C\C/C=C\C/C=C\C/C=C\C/C=C\CCCCCCCCCCCCCCCCC(=O)OC(COC(=O)CCCCCCCCCCCCCCCCCCC/C=C\C/C=C\CCCCCCC)COP(=O)([O-])OCC[N+](C)(C)C. The molecule has 2 atom stereocenters. The molecule has 0 saturated heterocycles. The summed E-state index contributed by atoms with van der Waals surface area (Å²) in [4.78, 5) is 38.1. The molecule has 10 heteroatoms. The van der Waals surface area contributed by atoms with Crippen LogP contribution in [-0.2, 0) is 32.7 Å². The van der Waals surface area contributed by atoms with Crippen LogP contribution in [0.2, 0.25) is 0 Å². The number of rotatable bonds is 66. The van der Waals surface area contributed by atoms with Crippen LogP contribution in [0.3, 0.4) is 0 Å². The Kier molecular flexibility index (Phi) is 64.0. The van der Waals surface area contributed by atoms with E-state index in [2.05, 4.69) is 111 Å². The molecule has 86 heavy (non-hydrogen) atoms. The molecular weight excluding hydrogens is 1090 g/mol. The molecule has 0 aromatic heterocycles. The number of ether oxygens (including phenoxy) is 2. The summed E-state index contributed by atoms with van der Waals surface area (Å²) in [5, 5.41) is 0. The number of unbranched alkanes of at least 4 members (excludes halogenated alkanes) is 36. The van der Waals surface area contributed by atoms with Crippen molar-refractivity contribution in [2.45, 2.75) is 328 Å². The van der Waals surface area contributed by atoms with E-state index < -0.39 is 26.5 Å². The predicted octanol–water partition coefficient (Wildman–Crippen LogP) is 22.9. The van der Waals surface area contributed by atoms with Crippen LogP contribution in [0.25, 0.3) is 0 Å². The van der Waals surface area contributed by atoms with E-state index in [-0.39, 0.29) is 32.0 Å². The van der Waals surface area contributed by atoms with Gasteiger partial charge in [0, 0.05) is 12.8 Å². The minimum atomic E-state index is -4.65. The molecule has 0 aliphatic carbocycles. The van der Waals surface area contributed by atoms with Gasteiger partial charge < -0.3 is 27.9 Å². The van der Waals surface area contributed by atoms with Gasteiger partial charge in [-0.1, -0.05) is 310 Å². The van der Waals surface area contributed by atoms with E-state index in [1.165, 1.54) is 205 Å². The van der Waals surface area contributed by atoms with E-state index >= 15 is 0 Å². The second-order valence-corrected chi connectivity index (χ2v) is 26.6. The number of phosphoric acid groups is 1. The van der Waals surface area contributed by atoms with E-state index in [1.54, 1.807) is 0 Å². The lowest BCUT2D eigenvalue weighted by atomic mass is 10.0. The van der Waals surface area contributed by atoms with Crippen molar-refractivity contribution >= 4 is 19.8 Å². The Labute approximate surface area is 532 Å². The Morgan fingerprint density at radius 3 is 0.988 bits per heavy atom. The van der Waals surface area contributed by atoms with Gasteiger partial charge in [0.1, 0.15) is 19.8 Å². The molecule has 2 unspecified atom stereocenters. The number of likely N-dealkylation sites (N-methyl/N-ethyl adjacent to an activating group) is 1. The largest absolute Gasteiger partial charge is 0.756 e. The summed E-state index contributed by atoms with van der Waals surface area (Å²) >= 11 is 0. The van der Waals surface area contributed by atoms with Crippen LogP contribution in [0, 0.1) is 0 Å². The summed E-state index contributed by atoms with van der Waals surface area (Å²) in [6.07, 6.45) is 92.0. The van der Waals surface area contributed by atoms with Crippen LogP contribution < -0.4 is 4.89 Å². The van der Waals surface area contributed by atoms with Gasteiger partial charge in [0.15, 0.2) is 6.10 Å². The second-order valence-electron chi connectivity index (χ2n) is 25.2. The third-order valence-electron chi connectivity index (χ3n) is 15.6. The average Bonchev–Trinajstić information content (AvgIpc) is 3.70. The van der Waals surface area contributed by atoms with Crippen molar-refractivity contribution in [3.8, 4) is 0 Å². The lowest BCUT2D eigenvalue weighted by molar-refractivity contribution is -0.870. The normalized spacial score (nSPS) is 13.7. The zero-order valence-corrected chi connectivity index (χ0v) is 57.6. The first-order chi connectivity index (χ1) is 42.0. The van der Waals surface area contributed by atoms with Crippen molar-refractivity contribution in [1.82, 2.24) is 0 Å². The summed E-state index contributed by atoms with van der Waals surface area (Å²) in [5.74, 6) is -0.824. The van der Waals surface area contributed by atoms with Crippen molar-refractivity contribution in [2.24, 2.45) is 0 Å². The van der Waals surface area contributed by atoms with Gasteiger partial charge in [-0.3, -0.25) is 14.2 Å². The number of carbonyl (C=O) groups is 2. The molecule has 0 aliphatic heterocycles. The number of nitrogens with zero attached hydrogens (tertiary/aromatic N) is 1. The highest BCUT2D eigenvalue weighted by Gasteiger charge is 2.22. The first-order valence-electron chi connectivity index (χ1n) is 35.9. The maximum absolute atomic E-state index is 12.9. The fraction of sp³-hybridized carbons (Fsp3) is 0.763. The summed E-state index contributed by atoms with van der Waals surface area (Å²) in [6, 6.07) is 0. The van der Waals surface area contributed by atoms with Gasteiger partial charge in [0.05, 0.1) is 27.7 Å². The van der Waals surface area contributed by atoms with Gasteiger partial charge in [0.2, 0.25) is 0 Å². The van der Waals surface area contributed by atoms with Crippen molar-refractivity contribution in [3.63, 3.8) is 0 Å². The fourth-order valence-electron chi connectivity index (χ4n) is 10.1. The monoisotopic (exact) mass is 1220 g/mol. The molecule has 0 N–H and O–H groups in total. The number of phosphoric ester groups is 1. The molecule has 0 fully saturated rings. The maximum Gasteiger partial charge on any atom is 0.306 e. The first-order valence-corrected chi connectivity index (χ1v) is 37.4. The number of quaternary nitrogens is 1. The van der Waals surface area contributed by atoms with E-state index in [0.29, 0.717) is 17.4 Å². The zero-order chi connectivity index (χ0) is 62.6. The molecule has 0 amide bonds. The number of hydrogen-bond donors (Lipinski definition) is 0. The van der Waals surface area contributed by atoms with E-state index in [0.717, 1.165) is 83.5 Å². The molecule has 498 valence electrons. The Morgan fingerprint density at radius 1 is 0.372 bits per heavy atom. The van der Waals surface area contributed by atoms with E-state index in [4.69, 9.17) is 18.5 Å². The standard InChI is InChI=1S/C76H136NO8P/c1-6-8-10-12-14-16-18-20-22-24-26-28-30-32-34-36-37-38-39-41-43-45-47-49-51-53-55-57-59-61-63-65-67-69-76(79)85-74(73-84-86(80,81)83-71-70-77(3,4)5)72-82-75(78)68-66-64-62-60-58-56-54-52-50-48-46-44-42-40-35-33-31-29-27-25-23-21-19-17-15-13-11-9-7-2/h8,10,14,16,19-22,25-28,32,34,37-38,74H,6-7,9,11-13,15,17-18,23-24,29-31,33,35-36,39-73H2,1-5H3/b10-8-,16-14-,21-19-,22-20-,27-25-,28-26-,34-32-,38-37-. The van der Waals surface area contributed by atoms with E-state index in [1.807, 2.05) is 21.1 Å². The number of esters is 2. The minimum absolute atomic E-state index is 0.0327. The molecule has 0 rings (SSSR count). The van der Waals surface area contributed by atoms with Crippen molar-refractivity contribution in [3.05, 3.63) is 97.2 Å². The number of allylic oxidation sites excluding steroid dienone is 16. The van der Waals surface area contributed by atoms with Crippen molar-refractivity contribution < 1.29 is 42.1 Å². The smallest absolute Gasteiger partial charge is 0.306 e. The molecule has 0 heterocycles. The third kappa shape index (κ3) is 70.0. The zero-order valence-electron chi connectivity index (χ0n) is 56.7. The van der Waals surface area contributed by atoms with Crippen molar-refractivity contribution in [1.29, 1.82) is 0 Å². The Hall–Kier alpha value is -3.07. The van der Waals surface area contributed by atoms with Gasteiger partial charge in [-0.25, -0.2) is 0 Å². The summed E-state index contributed by atoms with van der Waals surface area (Å²) < 4.78 is 34.3. The van der Waals surface area contributed by atoms with E-state index in [9.17, 15) is 19.0 Å². The Morgan fingerprint density at radius 2 is 0.663 bits per heavy atom. The van der Waals surface area contributed by atoms with Gasteiger partial charge in [-0.05, 0) is 96.3 Å². The molecule has 0 radical (unpaired) electrons. The summed E-state index contributed by atoms with van der Waals surface area (Å²) in [5.41, 5.74) is 0. The highest BCUT2D eigenvalue weighted by molar-refractivity contribution is 7.45. The van der Waals surface area contributed by atoms with Crippen LogP contribution in [0.5, 0.6) is 0 Å². The Bertz CT molecular complexity index is 1770.